The number of allylic oxidation sites excluding steroid dienone is 4. The van der Waals surface area contributed by atoms with Crippen LogP contribution in [-0.4, -0.2) is 42.6 Å². The standard InChI is InChI=1S/C40H42Cl2N2O5/c1-39(2)19-29-36(31(45)21-39)35(37-30(20-40(3,4)22-32(37)46)44(29)16-15-24-11-7-6-8-12-24)25-17-27(42)38(33(18-25)48-5)49-23-34(47)43-28-14-10-9-13-26(28)41/h6-14,17-18,35H,15-16,19-23H2,1-5H3,(H,43,47). The fraction of sp³-hybridized carbons (Fsp3) is 0.375. The zero-order valence-electron chi connectivity index (χ0n) is 28.6. The maximum atomic E-state index is 14.3. The zero-order chi connectivity index (χ0) is 35.1. The summed E-state index contributed by atoms with van der Waals surface area (Å²) in [5.41, 5.74) is 5.15. The van der Waals surface area contributed by atoms with Crippen molar-refractivity contribution in [2.75, 3.05) is 25.6 Å². The molecule has 256 valence electrons. The van der Waals surface area contributed by atoms with Crippen molar-refractivity contribution < 1.29 is 23.9 Å². The van der Waals surface area contributed by atoms with Gasteiger partial charge in [0.2, 0.25) is 0 Å². The number of amides is 1. The molecule has 3 aliphatic rings. The number of nitrogens with one attached hydrogen (secondary N) is 1. The molecule has 2 aliphatic carbocycles. The average molecular weight is 702 g/mol. The Morgan fingerprint density at radius 2 is 1.43 bits per heavy atom. The Bertz CT molecular complexity index is 1820. The molecule has 0 spiro atoms. The second-order valence-corrected chi connectivity index (χ2v) is 15.6. The molecule has 1 heterocycles. The molecule has 3 aromatic carbocycles. The summed E-state index contributed by atoms with van der Waals surface area (Å²) < 4.78 is 11.7. The van der Waals surface area contributed by atoms with Gasteiger partial charge in [0.25, 0.3) is 5.91 Å². The van der Waals surface area contributed by atoms with Crippen LogP contribution in [0, 0.1) is 10.8 Å². The number of methoxy groups -OCH3 is 1. The van der Waals surface area contributed by atoms with Gasteiger partial charge in [0.15, 0.2) is 29.7 Å². The summed E-state index contributed by atoms with van der Waals surface area (Å²) in [6, 6.07) is 20.8. The Kier molecular flexibility index (Phi) is 9.71. The normalized spacial score (nSPS) is 18.6. The summed E-state index contributed by atoms with van der Waals surface area (Å²) in [4.78, 5) is 43.6. The summed E-state index contributed by atoms with van der Waals surface area (Å²) >= 11 is 13.1. The van der Waals surface area contributed by atoms with Gasteiger partial charge in [-0.2, -0.15) is 0 Å². The van der Waals surface area contributed by atoms with Crippen LogP contribution >= 0.6 is 23.2 Å². The molecule has 3 aromatic rings. The molecule has 7 nitrogen and oxygen atoms in total. The van der Waals surface area contributed by atoms with Crippen LogP contribution in [0.15, 0.2) is 89.3 Å². The molecule has 0 saturated heterocycles. The molecule has 0 fully saturated rings. The summed E-state index contributed by atoms with van der Waals surface area (Å²) in [6.07, 6.45) is 2.94. The first-order valence-corrected chi connectivity index (χ1v) is 17.4. The Hall–Kier alpha value is -4.07. The van der Waals surface area contributed by atoms with Gasteiger partial charge < -0.3 is 19.7 Å². The molecule has 0 unspecified atom stereocenters. The lowest BCUT2D eigenvalue weighted by molar-refractivity contribution is -0.120. The topological polar surface area (TPSA) is 84.9 Å². The number of benzene rings is 3. The fourth-order valence-electron chi connectivity index (χ4n) is 7.47. The van der Waals surface area contributed by atoms with Crippen molar-refractivity contribution in [1.29, 1.82) is 0 Å². The number of para-hydroxylation sites is 1. The molecular weight excluding hydrogens is 659 g/mol. The summed E-state index contributed by atoms with van der Waals surface area (Å²) in [5.74, 6) is -0.453. The van der Waals surface area contributed by atoms with Gasteiger partial charge >= 0.3 is 0 Å². The second kappa shape index (κ2) is 13.7. The minimum atomic E-state index is -0.603. The molecule has 6 rings (SSSR count). The highest BCUT2D eigenvalue weighted by atomic mass is 35.5. The minimum absolute atomic E-state index is 0.0387. The van der Waals surface area contributed by atoms with Gasteiger partial charge in [0.1, 0.15) is 0 Å². The van der Waals surface area contributed by atoms with E-state index < -0.39 is 11.8 Å². The molecule has 0 saturated carbocycles. The Labute approximate surface area is 298 Å². The predicted molar refractivity (Wildman–Crippen MR) is 193 cm³/mol. The molecule has 1 amide bonds. The monoisotopic (exact) mass is 700 g/mol. The van der Waals surface area contributed by atoms with Gasteiger partial charge in [-0.3, -0.25) is 14.4 Å². The number of Topliss-reactive ketones (excluding diaryl/α,β-unsaturated/α-hetero) is 2. The highest BCUT2D eigenvalue weighted by molar-refractivity contribution is 6.33. The Balaban J connectivity index is 1.41. The number of hydrogen-bond acceptors (Lipinski definition) is 6. The number of carbonyl (C=O) groups excluding carboxylic acids is 3. The van der Waals surface area contributed by atoms with Crippen LogP contribution in [-0.2, 0) is 20.8 Å². The molecular formula is C40H42Cl2N2O5. The average Bonchev–Trinajstić information content (AvgIpc) is 3.03. The second-order valence-electron chi connectivity index (χ2n) is 14.8. The van der Waals surface area contributed by atoms with E-state index in [2.05, 4.69) is 50.0 Å². The van der Waals surface area contributed by atoms with Crippen molar-refractivity contribution >= 4 is 46.4 Å². The third-order valence-electron chi connectivity index (χ3n) is 9.57. The van der Waals surface area contributed by atoms with Gasteiger partial charge in [0, 0.05) is 47.8 Å². The van der Waals surface area contributed by atoms with Crippen LogP contribution in [0.4, 0.5) is 5.69 Å². The van der Waals surface area contributed by atoms with E-state index in [0.717, 1.165) is 17.8 Å². The number of rotatable bonds is 9. The summed E-state index contributed by atoms with van der Waals surface area (Å²) in [7, 11) is 1.50. The van der Waals surface area contributed by atoms with E-state index in [1.807, 2.05) is 18.2 Å². The highest BCUT2D eigenvalue weighted by Crippen LogP contribution is 2.55. The SMILES string of the molecule is COc1cc(C2C3=C(CC(C)(C)CC3=O)N(CCc3ccccc3)C3=C2C(=O)CC(C)(C)C3)cc(Cl)c1OCC(=O)Nc1ccccc1Cl. The van der Waals surface area contributed by atoms with E-state index in [0.29, 0.717) is 65.4 Å². The van der Waals surface area contributed by atoms with Crippen molar-refractivity contribution in [3.8, 4) is 11.5 Å². The van der Waals surface area contributed by atoms with Crippen LogP contribution in [0.1, 0.15) is 70.4 Å². The third-order valence-corrected chi connectivity index (χ3v) is 10.2. The molecule has 1 N–H and O–H groups in total. The lowest BCUT2D eigenvalue weighted by Crippen LogP contribution is -2.45. The van der Waals surface area contributed by atoms with Crippen LogP contribution in [0.5, 0.6) is 11.5 Å². The van der Waals surface area contributed by atoms with Crippen molar-refractivity contribution in [2.24, 2.45) is 10.8 Å². The Morgan fingerprint density at radius 3 is 2.02 bits per heavy atom. The molecule has 1 aliphatic heterocycles. The van der Waals surface area contributed by atoms with Crippen LogP contribution < -0.4 is 14.8 Å². The first-order chi connectivity index (χ1) is 23.3. The van der Waals surface area contributed by atoms with Crippen molar-refractivity contribution in [3.05, 3.63) is 110 Å². The molecule has 0 atom stereocenters. The van der Waals surface area contributed by atoms with E-state index in [4.69, 9.17) is 32.7 Å². The van der Waals surface area contributed by atoms with E-state index in [-0.39, 0.29) is 39.8 Å². The Morgan fingerprint density at radius 1 is 0.837 bits per heavy atom. The summed E-state index contributed by atoms with van der Waals surface area (Å²) in [6.45, 7) is 8.85. The third kappa shape index (κ3) is 7.29. The summed E-state index contributed by atoms with van der Waals surface area (Å²) in [5, 5.41) is 3.36. The highest BCUT2D eigenvalue weighted by Gasteiger charge is 2.49. The molecule has 9 heteroatoms. The van der Waals surface area contributed by atoms with Gasteiger partial charge in [-0.15, -0.1) is 0 Å². The molecule has 0 aromatic heterocycles. The lowest BCUT2D eigenvalue weighted by atomic mass is 9.63. The van der Waals surface area contributed by atoms with Crippen molar-refractivity contribution in [3.63, 3.8) is 0 Å². The molecule has 49 heavy (non-hydrogen) atoms. The van der Waals surface area contributed by atoms with Gasteiger partial charge in [-0.25, -0.2) is 0 Å². The number of ketones is 2. The van der Waals surface area contributed by atoms with Crippen LogP contribution in [0.25, 0.3) is 0 Å². The maximum Gasteiger partial charge on any atom is 0.262 e. The number of anilines is 1. The largest absolute Gasteiger partial charge is 0.493 e. The number of hydrogen-bond donors (Lipinski definition) is 1. The fourth-order valence-corrected chi connectivity index (χ4v) is 7.93. The predicted octanol–water partition coefficient (Wildman–Crippen LogP) is 8.95. The minimum Gasteiger partial charge on any atom is -0.493 e. The number of ether oxygens (including phenoxy) is 2. The van der Waals surface area contributed by atoms with Crippen LogP contribution in [0.2, 0.25) is 10.0 Å². The maximum absolute atomic E-state index is 14.3. The number of halogens is 2. The van der Waals surface area contributed by atoms with E-state index in [1.165, 1.54) is 12.7 Å². The number of nitrogens with zero attached hydrogens (tertiary/aromatic N) is 1. The van der Waals surface area contributed by atoms with Gasteiger partial charge in [-0.1, -0.05) is 93.4 Å². The first kappa shape index (κ1) is 34.8. The van der Waals surface area contributed by atoms with Gasteiger partial charge in [0.05, 0.1) is 22.8 Å². The van der Waals surface area contributed by atoms with E-state index >= 15 is 0 Å². The number of carbonyl (C=O) groups is 3. The van der Waals surface area contributed by atoms with E-state index in [1.54, 1.807) is 36.4 Å². The molecule has 0 bridgehead atoms. The molecule has 0 radical (unpaired) electrons. The smallest absolute Gasteiger partial charge is 0.262 e. The van der Waals surface area contributed by atoms with Gasteiger partial charge in [-0.05, 0) is 65.5 Å². The van der Waals surface area contributed by atoms with E-state index in [9.17, 15) is 14.4 Å². The van der Waals surface area contributed by atoms with Crippen molar-refractivity contribution in [2.45, 2.75) is 65.7 Å². The van der Waals surface area contributed by atoms with Crippen molar-refractivity contribution in [1.82, 2.24) is 4.90 Å². The quantitative estimate of drug-likeness (QED) is 0.240. The van der Waals surface area contributed by atoms with Crippen LogP contribution in [0.3, 0.4) is 0 Å². The first-order valence-electron chi connectivity index (χ1n) is 16.7. The lowest BCUT2D eigenvalue weighted by Gasteiger charge is -2.49. The zero-order valence-corrected chi connectivity index (χ0v) is 30.1.